The van der Waals surface area contributed by atoms with Crippen LogP contribution in [0, 0.1) is 0 Å². The van der Waals surface area contributed by atoms with E-state index in [0.29, 0.717) is 34.9 Å². The molecule has 8 heteroatoms. The number of nitrogens with zero attached hydrogens (tertiary/aromatic N) is 3. The molecule has 0 saturated heterocycles. The molecule has 190 valence electrons. The van der Waals surface area contributed by atoms with Gasteiger partial charge in [-0.15, -0.1) is 0 Å². The number of rotatable bonds is 9. The number of carbonyl (C=O) groups is 2. The van der Waals surface area contributed by atoms with Crippen molar-refractivity contribution >= 4 is 45.8 Å². The Morgan fingerprint density at radius 3 is 2.41 bits per heavy atom. The number of hydrogen-bond acceptors (Lipinski definition) is 5. The van der Waals surface area contributed by atoms with E-state index in [2.05, 4.69) is 22.2 Å². The average molecular weight is 517 g/mol. The number of carboxylic acids is 1. The lowest BCUT2D eigenvalue weighted by atomic mass is 10.1. The van der Waals surface area contributed by atoms with E-state index in [-0.39, 0.29) is 23.5 Å². The lowest BCUT2D eigenvalue weighted by molar-refractivity contribution is -0.136. The molecular weight excluding hydrogens is 488 g/mol. The highest BCUT2D eigenvalue weighted by atomic mass is 35.5. The molecule has 0 fully saturated rings. The molecule has 0 radical (unpaired) electrons. The topological polar surface area (TPSA) is 95.4 Å². The molecule has 37 heavy (non-hydrogen) atoms. The van der Waals surface area contributed by atoms with Gasteiger partial charge in [-0.25, -0.2) is 9.97 Å². The van der Waals surface area contributed by atoms with Crippen LogP contribution in [0.4, 0.5) is 11.5 Å². The van der Waals surface area contributed by atoms with Crippen LogP contribution in [0.3, 0.4) is 0 Å². The van der Waals surface area contributed by atoms with Gasteiger partial charge < -0.3 is 15.3 Å². The number of fused-ring (bicyclic) bond motifs is 1. The molecule has 1 heterocycles. The number of aromatic nitrogens is 2. The quantitative estimate of drug-likeness (QED) is 0.265. The van der Waals surface area contributed by atoms with E-state index in [4.69, 9.17) is 11.6 Å². The monoisotopic (exact) mass is 516 g/mol. The van der Waals surface area contributed by atoms with Gasteiger partial charge in [0.25, 0.3) is 5.91 Å². The second-order valence-electron chi connectivity index (χ2n) is 9.06. The van der Waals surface area contributed by atoms with Crippen LogP contribution in [-0.2, 0) is 17.6 Å². The number of carbonyl (C=O) groups excluding carboxylic acids is 1. The van der Waals surface area contributed by atoms with Crippen molar-refractivity contribution in [2.45, 2.75) is 39.2 Å². The third-order valence-electron chi connectivity index (χ3n) is 6.48. The van der Waals surface area contributed by atoms with Crippen LogP contribution in [0.5, 0.6) is 0 Å². The standard InChI is InChI=1S/C29H29ClN4O3/c1-4-18(2)34(3)28-24(17-26(35)36)27(30)32-25(33-28)15-19-9-13-23(14-10-19)31-29(37)22-12-11-20-7-5-6-8-21(20)16-22/h5-14,16,18H,4,15,17H2,1-3H3,(H,31,37)(H,35,36). The molecule has 1 atom stereocenters. The predicted molar refractivity (Wildman–Crippen MR) is 148 cm³/mol. The Morgan fingerprint density at radius 1 is 1.03 bits per heavy atom. The van der Waals surface area contributed by atoms with Crippen LogP contribution in [0.15, 0.2) is 66.7 Å². The van der Waals surface area contributed by atoms with Crippen molar-refractivity contribution in [3.8, 4) is 0 Å². The van der Waals surface area contributed by atoms with Gasteiger partial charge >= 0.3 is 5.97 Å². The first-order chi connectivity index (χ1) is 17.7. The molecule has 1 unspecified atom stereocenters. The SMILES string of the molecule is CCC(C)N(C)c1nc(Cc2ccc(NC(=O)c3ccc4ccccc4c3)cc2)nc(Cl)c1CC(=O)O. The second-order valence-corrected chi connectivity index (χ2v) is 9.42. The summed E-state index contributed by atoms with van der Waals surface area (Å²) in [5.41, 5.74) is 2.61. The molecule has 2 N–H and O–H groups in total. The fourth-order valence-electron chi connectivity index (χ4n) is 4.07. The molecule has 0 aliphatic carbocycles. The molecule has 3 aromatic carbocycles. The van der Waals surface area contributed by atoms with E-state index < -0.39 is 5.97 Å². The summed E-state index contributed by atoms with van der Waals surface area (Å²) in [4.78, 5) is 35.2. The molecular formula is C29H29ClN4O3. The Hall–Kier alpha value is -3.97. The number of hydrogen-bond donors (Lipinski definition) is 2. The first-order valence-electron chi connectivity index (χ1n) is 12.1. The molecule has 4 rings (SSSR count). The maximum Gasteiger partial charge on any atom is 0.308 e. The van der Waals surface area contributed by atoms with E-state index in [0.717, 1.165) is 22.8 Å². The number of aliphatic carboxylic acids is 1. The fourth-order valence-corrected chi connectivity index (χ4v) is 4.32. The summed E-state index contributed by atoms with van der Waals surface area (Å²) in [6.45, 7) is 4.10. The van der Waals surface area contributed by atoms with Crippen LogP contribution >= 0.6 is 11.6 Å². The smallest absolute Gasteiger partial charge is 0.308 e. The highest BCUT2D eigenvalue weighted by Gasteiger charge is 2.21. The van der Waals surface area contributed by atoms with Crippen molar-refractivity contribution in [1.29, 1.82) is 0 Å². The van der Waals surface area contributed by atoms with Gasteiger partial charge in [-0.2, -0.15) is 0 Å². The highest BCUT2D eigenvalue weighted by Crippen LogP contribution is 2.27. The van der Waals surface area contributed by atoms with Crippen molar-refractivity contribution < 1.29 is 14.7 Å². The lowest BCUT2D eigenvalue weighted by Crippen LogP contribution is -2.31. The zero-order valence-corrected chi connectivity index (χ0v) is 21.8. The molecule has 0 saturated carbocycles. The van der Waals surface area contributed by atoms with E-state index >= 15 is 0 Å². The largest absolute Gasteiger partial charge is 0.481 e. The van der Waals surface area contributed by atoms with Gasteiger partial charge in [0.15, 0.2) is 0 Å². The van der Waals surface area contributed by atoms with Crippen molar-refractivity contribution in [2.24, 2.45) is 0 Å². The fraction of sp³-hybridized carbons (Fsp3) is 0.241. The van der Waals surface area contributed by atoms with Gasteiger partial charge in [0.2, 0.25) is 0 Å². The first-order valence-corrected chi connectivity index (χ1v) is 12.5. The first kappa shape index (κ1) is 26.1. The Kier molecular flexibility index (Phi) is 8.04. The summed E-state index contributed by atoms with van der Waals surface area (Å²) in [6, 6.07) is 21.2. The maximum absolute atomic E-state index is 12.8. The molecule has 0 aliphatic heterocycles. The zero-order chi connectivity index (χ0) is 26.5. The van der Waals surface area contributed by atoms with Crippen molar-refractivity contribution in [3.05, 3.63) is 94.4 Å². The number of carboxylic acid groups (broad SMARTS) is 1. The number of halogens is 1. The summed E-state index contributed by atoms with van der Waals surface area (Å²) in [6.07, 6.45) is 1.03. The minimum atomic E-state index is -0.988. The number of nitrogens with one attached hydrogen (secondary N) is 1. The van der Waals surface area contributed by atoms with Crippen LogP contribution in [0.1, 0.15) is 47.6 Å². The van der Waals surface area contributed by atoms with Gasteiger partial charge in [0.1, 0.15) is 16.8 Å². The molecule has 1 amide bonds. The molecule has 4 aromatic rings. The summed E-state index contributed by atoms with van der Waals surface area (Å²) >= 11 is 6.43. The summed E-state index contributed by atoms with van der Waals surface area (Å²) in [5.74, 6) is -0.137. The average Bonchev–Trinajstić information content (AvgIpc) is 2.89. The summed E-state index contributed by atoms with van der Waals surface area (Å²) < 4.78 is 0. The van der Waals surface area contributed by atoms with E-state index in [1.54, 1.807) is 0 Å². The summed E-state index contributed by atoms with van der Waals surface area (Å²) in [5, 5.41) is 14.5. The van der Waals surface area contributed by atoms with E-state index in [1.807, 2.05) is 85.6 Å². The Labute approximate surface area is 221 Å². The maximum atomic E-state index is 12.8. The number of anilines is 2. The van der Waals surface area contributed by atoms with Gasteiger partial charge in [0, 0.05) is 36.3 Å². The van der Waals surface area contributed by atoms with Gasteiger partial charge in [-0.1, -0.05) is 61.0 Å². The van der Waals surface area contributed by atoms with Crippen molar-refractivity contribution in [3.63, 3.8) is 0 Å². The highest BCUT2D eigenvalue weighted by molar-refractivity contribution is 6.30. The molecule has 0 spiro atoms. The van der Waals surface area contributed by atoms with Gasteiger partial charge in [-0.3, -0.25) is 9.59 Å². The molecule has 7 nitrogen and oxygen atoms in total. The van der Waals surface area contributed by atoms with Crippen LogP contribution in [-0.4, -0.2) is 40.0 Å². The van der Waals surface area contributed by atoms with Gasteiger partial charge in [0.05, 0.1) is 6.42 Å². The molecule has 0 bridgehead atoms. The van der Waals surface area contributed by atoms with Crippen LogP contribution in [0.25, 0.3) is 10.8 Å². The zero-order valence-electron chi connectivity index (χ0n) is 21.0. The van der Waals surface area contributed by atoms with E-state index in [1.165, 1.54) is 0 Å². The van der Waals surface area contributed by atoms with E-state index in [9.17, 15) is 14.7 Å². The van der Waals surface area contributed by atoms with Crippen LogP contribution < -0.4 is 10.2 Å². The Morgan fingerprint density at radius 2 is 1.73 bits per heavy atom. The van der Waals surface area contributed by atoms with Gasteiger partial charge in [-0.05, 0) is 53.9 Å². The third-order valence-corrected chi connectivity index (χ3v) is 6.79. The van der Waals surface area contributed by atoms with Crippen LogP contribution in [0.2, 0.25) is 5.15 Å². The Balaban J connectivity index is 1.51. The normalized spacial score (nSPS) is 11.8. The summed E-state index contributed by atoms with van der Waals surface area (Å²) in [7, 11) is 1.88. The number of amides is 1. The minimum Gasteiger partial charge on any atom is -0.481 e. The predicted octanol–water partition coefficient (Wildman–Crippen LogP) is 5.99. The van der Waals surface area contributed by atoms with Crippen molar-refractivity contribution in [1.82, 2.24) is 9.97 Å². The lowest BCUT2D eigenvalue weighted by Gasteiger charge is -2.27. The molecule has 1 aromatic heterocycles. The van der Waals surface area contributed by atoms with Crippen molar-refractivity contribution in [2.75, 3.05) is 17.3 Å². The second kappa shape index (κ2) is 11.4. The third kappa shape index (κ3) is 6.24. The number of benzene rings is 3. The Bertz CT molecular complexity index is 1440. The minimum absolute atomic E-state index is 0.150. The molecule has 0 aliphatic rings.